The SMILES string of the molecule is COc1nc(F)c(C(F)F)cc1Cl. The van der Waals surface area contributed by atoms with E-state index < -0.39 is 17.9 Å². The topological polar surface area (TPSA) is 22.1 Å². The maximum Gasteiger partial charge on any atom is 0.268 e. The zero-order chi connectivity index (χ0) is 10.0. The molecular weight excluding hydrogens is 207 g/mol. The fraction of sp³-hybridized carbons (Fsp3) is 0.286. The molecule has 0 aliphatic rings. The summed E-state index contributed by atoms with van der Waals surface area (Å²) in [4.78, 5) is 3.11. The number of halogens is 4. The first-order valence-electron chi connectivity index (χ1n) is 3.24. The molecule has 0 spiro atoms. The van der Waals surface area contributed by atoms with Gasteiger partial charge in [0.1, 0.15) is 5.02 Å². The van der Waals surface area contributed by atoms with Crippen molar-refractivity contribution in [3.63, 3.8) is 0 Å². The highest BCUT2D eigenvalue weighted by Crippen LogP contribution is 2.29. The van der Waals surface area contributed by atoms with E-state index in [1.807, 2.05) is 0 Å². The number of methoxy groups -OCH3 is 1. The maximum atomic E-state index is 12.7. The van der Waals surface area contributed by atoms with E-state index in [-0.39, 0.29) is 10.9 Å². The summed E-state index contributed by atoms with van der Waals surface area (Å²) in [6.45, 7) is 0. The van der Waals surface area contributed by atoms with Crippen LogP contribution in [0.4, 0.5) is 13.2 Å². The molecule has 13 heavy (non-hydrogen) atoms. The number of pyridine rings is 1. The molecule has 0 atom stereocenters. The Labute approximate surface area is 77.3 Å². The molecule has 0 aliphatic carbocycles. The van der Waals surface area contributed by atoms with Crippen molar-refractivity contribution in [3.05, 3.63) is 22.6 Å². The van der Waals surface area contributed by atoms with Gasteiger partial charge in [0.25, 0.3) is 6.43 Å². The van der Waals surface area contributed by atoms with E-state index in [9.17, 15) is 13.2 Å². The standard InChI is InChI=1S/C7H5ClF3NO/c1-13-7-4(8)2-3(5(9)10)6(11)12-7/h2,5H,1H3. The first-order chi connectivity index (χ1) is 6.06. The third-order valence-corrected chi connectivity index (χ3v) is 1.62. The zero-order valence-corrected chi connectivity index (χ0v) is 7.28. The molecule has 1 heterocycles. The molecule has 6 heteroatoms. The second-order valence-corrected chi connectivity index (χ2v) is 2.57. The van der Waals surface area contributed by atoms with E-state index >= 15 is 0 Å². The molecule has 0 unspecified atom stereocenters. The third kappa shape index (κ3) is 2.03. The van der Waals surface area contributed by atoms with Crippen LogP contribution in [0.1, 0.15) is 12.0 Å². The quantitative estimate of drug-likeness (QED) is 0.702. The van der Waals surface area contributed by atoms with Gasteiger partial charge in [-0.25, -0.2) is 8.78 Å². The molecule has 0 aliphatic heterocycles. The van der Waals surface area contributed by atoms with Gasteiger partial charge in [-0.1, -0.05) is 11.6 Å². The summed E-state index contributed by atoms with van der Waals surface area (Å²) < 4.78 is 41.4. The van der Waals surface area contributed by atoms with Crippen LogP contribution in [-0.4, -0.2) is 12.1 Å². The Hall–Kier alpha value is -0.970. The Bertz CT molecular complexity index is 319. The number of hydrogen-bond donors (Lipinski definition) is 0. The average Bonchev–Trinajstić information content (AvgIpc) is 2.07. The molecule has 0 saturated carbocycles. The summed E-state index contributed by atoms with van der Waals surface area (Å²) in [5.74, 6) is -1.47. The molecule has 72 valence electrons. The summed E-state index contributed by atoms with van der Waals surface area (Å²) in [5.41, 5.74) is -0.828. The minimum absolute atomic E-state index is 0.140. The minimum atomic E-state index is -2.93. The Balaban J connectivity index is 3.20. The molecular formula is C7H5ClF3NO. The summed E-state index contributed by atoms with van der Waals surface area (Å²) in [6.07, 6.45) is -2.93. The van der Waals surface area contributed by atoms with Crippen molar-refractivity contribution >= 4 is 11.6 Å². The third-order valence-electron chi connectivity index (χ3n) is 1.35. The summed E-state index contributed by atoms with van der Waals surface area (Å²) in [7, 11) is 1.22. The lowest BCUT2D eigenvalue weighted by Gasteiger charge is -2.05. The minimum Gasteiger partial charge on any atom is -0.480 e. The highest BCUT2D eigenvalue weighted by atomic mass is 35.5. The van der Waals surface area contributed by atoms with Gasteiger partial charge in [-0.3, -0.25) is 0 Å². The van der Waals surface area contributed by atoms with E-state index in [0.29, 0.717) is 0 Å². The molecule has 1 aromatic rings. The molecule has 1 rings (SSSR count). The van der Waals surface area contributed by atoms with Crippen molar-refractivity contribution in [3.8, 4) is 5.88 Å². The molecule has 0 N–H and O–H groups in total. The van der Waals surface area contributed by atoms with Crippen LogP contribution in [0.25, 0.3) is 0 Å². The predicted molar refractivity (Wildman–Crippen MR) is 40.7 cm³/mol. The average molecular weight is 212 g/mol. The van der Waals surface area contributed by atoms with Crippen molar-refractivity contribution in [2.75, 3.05) is 7.11 Å². The van der Waals surface area contributed by atoms with E-state index in [1.54, 1.807) is 0 Å². The van der Waals surface area contributed by atoms with Gasteiger partial charge in [0.15, 0.2) is 0 Å². The van der Waals surface area contributed by atoms with Crippen molar-refractivity contribution in [2.24, 2.45) is 0 Å². The van der Waals surface area contributed by atoms with Gasteiger partial charge in [0, 0.05) is 0 Å². The largest absolute Gasteiger partial charge is 0.480 e. The Morgan fingerprint density at radius 1 is 1.54 bits per heavy atom. The number of ether oxygens (including phenoxy) is 1. The summed E-state index contributed by atoms with van der Waals surface area (Å²) in [6, 6.07) is 0.799. The number of rotatable bonds is 2. The highest BCUT2D eigenvalue weighted by molar-refractivity contribution is 6.31. The molecule has 0 fully saturated rings. The van der Waals surface area contributed by atoms with Crippen LogP contribution in [0, 0.1) is 5.95 Å². The molecule has 0 aromatic carbocycles. The summed E-state index contributed by atoms with van der Waals surface area (Å²) in [5, 5.41) is -0.140. The lowest BCUT2D eigenvalue weighted by Crippen LogP contribution is -1.98. The fourth-order valence-corrected chi connectivity index (χ4v) is 0.998. The van der Waals surface area contributed by atoms with Crippen molar-refractivity contribution in [2.45, 2.75) is 6.43 Å². The fourth-order valence-electron chi connectivity index (χ4n) is 0.761. The normalized spacial score (nSPS) is 10.6. The van der Waals surface area contributed by atoms with E-state index in [1.165, 1.54) is 7.11 Å². The van der Waals surface area contributed by atoms with Crippen molar-refractivity contribution in [1.29, 1.82) is 0 Å². The second-order valence-electron chi connectivity index (χ2n) is 2.16. The van der Waals surface area contributed by atoms with E-state index in [0.717, 1.165) is 6.07 Å². The second kappa shape index (κ2) is 3.83. The molecule has 0 radical (unpaired) electrons. The molecule has 0 saturated heterocycles. The highest BCUT2D eigenvalue weighted by Gasteiger charge is 2.17. The molecule has 0 amide bonds. The lowest BCUT2D eigenvalue weighted by atomic mass is 10.3. The van der Waals surface area contributed by atoms with Crippen LogP contribution < -0.4 is 4.74 Å². The first-order valence-corrected chi connectivity index (χ1v) is 3.62. The van der Waals surface area contributed by atoms with Crippen molar-refractivity contribution in [1.82, 2.24) is 4.98 Å². The van der Waals surface area contributed by atoms with E-state index in [4.69, 9.17) is 11.6 Å². The molecule has 2 nitrogen and oxygen atoms in total. The predicted octanol–water partition coefficient (Wildman–Crippen LogP) is 2.82. The number of nitrogens with zero attached hydrogens (tertiary/aromatic N) is 1. The molecule has 1 aromatic heterocycles. The number of aromatic nitrogens is 1. The van der Waals surface area contributed by atoms with Gasteiger partial charge < -0.3 is 4.74 Å². The summed E-state index contributed by atoms with van der Waals surface area (Å²) >= 11 is 5.46. The van der Waals surface area contributed by atoms with Crippen LogP contribution in [-0.2, 0) is 0 Å². The van der Waals surface area contributed by atoms with Crippen LogP contribution >= 0.6 is 11.6 Å². The van der Waals surface area contributed by atoms with Gasteiger partial charge in [-0.2, -0.15) is 9.37 Å². The van der Waals surface area contributed by atoms with Crippen molar-refractivity contribution < 1.29 is 17.9 Å². The Morgan fingerprint density at radius 3 is 2.62 bits per heavy atom. The number of alkyl halides is 2. The smallest absolute Gasteiger partial charge is 0.268 e. The lowest BCUT2D eigenvalue weighted by molar-refractivity contribution is 0.144. The Morgan fingerprint density at radius 2 is 2.15 bits per heavy atom. The van der Waals surface area contributed by atoms with Gasteiger partial charge in [-0.05, 0) is 6.07 Å². The number of hydrogen-bond acceptors (Lipinski definition) is 2. The van der Waals surface area contributed by atoms with Crippen LogP contribution in [0.5, 0.6) is 5.88 Å². The van der Waals surface area contributed by atoms with Gasteiger partial charge in [0.2, 0.25) is 11.8 Å². The monoisotopic (exact) mass is 211 g/mol. The van der Waals surface area contributed by atoms with Crippen LogP contribution in [0.15, 0.2) is 6.07 Å². The van der Waals surface area contributed by atoms with Crippen LogP contribution in [0.3, 0.4) is 0 Å². The van der Waals surface area contributed by atoms with Gasteiger partial charge >= 0.3 is 0 Å². The Kier molecular flexibility index (Phi) is 2.98. The zero-order valence-electron chi connectivity index (χ0n) is 6.52. The van der Waals surface area contributed by atoms with Crippen LogP contribution in [0.2, 0.25) is 5.02 Å². The van der Waals surface area contributed by atoms with E-state index in [2.05, 4.69) is 9.72 Å². The first kappa shape index (κ1) is 10.1. The molecule has 0 bridgehead atoms. The van der Waals surface area contributed by atoms with Gasteiger partial charge in [-0.15, -0.1) is 0 Å². The maximum absolute atomic E-state index is 12.7. The van der Waals surface area contributed by atoms with Gasteiger partial charge in [0.05, 0.1) is 12.7 Å².